The maximum absolute atomic E-state index is 13.0. The molecule has 3 aromatic carbocycles. The number of aromatic nitrogens is 1. The van der Waals surface area contributed by atoms with Gasteiger partial charge in [0.25, 0.3) is 5.91 Å². The van der Waals surface area contributed by atoms with Gasteiger partial charge in [0.15, 0.2) is 5.76 Å². The number of fused-ring (bicyclic) bond motifs is 1. The molecule has 1 N–H and O–H groups in total. The number of aryl methyl sites for hydroxylation is 1. The van der Waals surface area contributed by atoms with E-state index in [4.69, 9.17) is 4.52 Å². The standard InChI is InChI=1S/C22H17FN2O2/c1-14-2-6-16(7-3-14)21-19-12-17(8-11-20(19)25-27-21)22(26)24-13-15-4-9-18(23)10-5-15/h2-12H,13H2,1H3,(H,24,26). The fourth-order valence-corrected chi connectivity index (χ4v) is 2.88. The van der Waals surface area contributed by atoms with Crippen LogP contribution in [-0.2, 0) is 6.54 Å². The molecule has 0 aliphatic carbocycles. The number of rotatable bonds is 4. The Morgan fingerprint density at radius 3 is 2.52 bits per heavy atom. The van der Waals surface area contributed by atoms with Crippen LogP contribution in [0.3, 0.4) is 0 Å². The summed E-state index contributed by atoms with van der Waals surface area (Å²) in [5.41, 5.74) is 4.10. The predicted molar refractivity (Wildman–Crippen MR) is 102 cm³/mol. The van der Waals surface area contributed by atoms with Crippen LogP contribution in [0.4, 0.5) is 4.39 Å². The van der Waals surface area contributed by atoms with Crippen molar-refractivity contribution in [3.63, 3.8) is 0 Å². The number of hydrogen-bond acceptors (Lipinski definition) is 3. The molecule has 0 radical (unpaired) electrons. The van der Waals surface area contributed by atoms with Crippen molar-refractivity contribution < 1.29 is 13.7 Å². The summed E-state index contributed by atoms with van der Waals surface area (Å²) in [6.07, 6.45) is 0. The summed E-state index contributed by atoms with van der Waals surface area (Å²) in [6, 6.07) is 19.2. The number of benzene rings is 3. The van der Waals surface area contributed by atoms with Crippen molar-refractivity contribution in [2.45, 2.75) is 13.5 Å². The maximum Gasteiger partial charge on any atom is 0.251 e. The molecule has 0 atom stereocenters. The highest BCUT2D eigenvalue weighted by molar-refractivity contribution is 6.00. The molecule has 0 bridgehead atoms. The van der Waals surface area contributed by atoms with E-state index in [0.29, 0.717) is 23.4 Å². The first-order chi connectivity index (χ1) is 13.1. The summed E-state index contributed by atoms with van der Waals surface area (Å²) in [6.45, 7) is 2.34. The van der Waals surface area contributed by atoms with Crippen molar-refractivity contribution >= 4 is 16.8 Å². The quantitative estimate of drug-likeness (QED) is 0.565. The maximum atomic E-state index is 13.0. The van der Waals surface area contributed by atoms with Gasteiger partial charge in [-0.25, -0.2) is 4.39 Å². The first kappa shape index (κ1) is 17.0. The van der Waals surface area contributed by atoms with Crippen molar-refractivity contribution in [2.75, 3.05) is 0 Å². The van der Waals surface area contributed by atoms with E-state index in [1.807, 2.05) is 31.2 Å². The molecule has 0 saturated heterocycles. The van der Waals surface area contributed by atoms with Gasteiger partial charge in [0.2, 0.25) is 0 Å². The smallest absolute Gasteiger partial charge is 0.251 e. The molecule has 4 nitrogen and oxygen atoms in total. The number of nitrogens with one attached hydrogen (secondary N) is 1. The number of carbonyl (C=O) groups excluding carboxylic acids is 1. The third-order valence-corrected chi connectivity index (χ3v) is 4.42. The Morgan fingerprint density at radius 1 is 1.04 bits per heavy atom. The van der Waals surface area contributed by atoms with Crippen LogP contribution < -0.4 is 5.32 Å². The summed E-state index contributed by atoms with van der Waals surface area (Å²) >= 11 is 0. The molecule has 27 heavy (non-hydrogen) atoms. The second-order valence-electron chi connectivity index (χ2n) is 6.42. The topological polar surface area (TPSA) is 55.1 Å². The van der Waals surface area contributed by atoms with Crippen molar-refractivity contribution in [3.8, 4) is 11.3 Å². The summed E-state index contributed by atoms with van der Waals surface area (Å²) < 4.78 is 18.5. The molecule has 1 aromatic heterocycles. The van der Waals surface area contributed by atoms with E-state index in [1.165, 1.54) is 12.1 Å². The van der Waals surface area contributed by atoms with Crippen LogP contribution in [0.2, 0.25) is 0 Å². The highest BCUT2D eigenvalue weighted by atomic mass is 19.1. The zero-order chi connectivity index (χ0) is 18.8. The van der Waals surface area contributed by atoms with Gasteiger partial charge < -0.3 is 9.84 Å². The van der Waals surface area contributed by atoms with Crippen molar-refractivity contribution in [1.29, 1.82) is 0 Å². The average Bonchev–Trinajstić information content (AvgIpc) is 3.11. The van der Waals surface area contributed by atoms with Crippen LogP contribution in [0, 0.1) is 12.7 Å². The Bertz CT molecular complexity index is 1100. The van der Waals surface area contributed by atoms with Gasteiger partial charge >= 0.3 is 0 Å². The predicted octanol–water partition coefficient (Wildman–Crippen LogP) is 4.87. The van der Waals surface area contributed by atoms with Gasteiger partial charge in [-0.15, -0.1) is 0 Å². The van der Waals surface area contributed by atoms with E-state index < -0.39 is 0 Å². The third kappa shape index (κ3) is 3.58. The molecule has 5 heteroatoms. The van der Waals surface area contributed by atoms with E-state index in [-0.39, 0.29) is 11.7 Å². The van der Waals surface area contributed by atoms with Crippen molar-refractivity contribution in [1.82, 2.24) is 10.5 Å². The molecule has 4 aromatic rings. The monoisotopic (exact) mass is 360 g/mol. The lowest BCUT2D eigenvalue weighted by molar-refractivity contribution is 0.0951. The van der Waals surface area contributed by atoms with E-state index in [9.17, 15) is 9.18 Å². The minimum absolute atomic E-state index is 0.211. The number of carbonyl (C=O) groups is 1. The minimum Gasteiger partial charge on any atom is -0.355 e. The van der Waals surface area contributed by atoms with E-state index in [1.54, 1.807) is 30.3 Å². The van der Waals surface area contributed by atoms with Gasteiger partial charge in [0.1, 0.15) is 11.3 Å². The van der Waals surface area contributed by atoms with Gasteiger partial charge in [0.05, 0.1) is 5.39 Å². The molecular formula is C22H17FN2O2. The highest BCUT2D eigenvalue weighted by Crippen LogP contribution is 2.29. The van der Waals surface area contributed by atoms with Gasteiger partial charge in [0, 0.05) is 17.7 Å². The second kappa shape index (κ2) is 7.03. The SMILES string of the molecule is Cc1ccc(-c2onc3ccc(C(=O)NCc4ccc(F)cc4)cc23)cc1. The second-order valence-corrected chi connectivity index (χ2v) is 6.42. The first-order valence-corrected chi connectivity index (χ1v) is 8.59. The zero-order valence-corrected chi connectivity index (χ0v) is 14.7. The molecular weight excluding hydrogens is 343 g/mol. The Hall–Kier alpha value is -3.47. The molecule has 0 aliphatic rings. The van der Waals surface area contributed by atoms with Gasteiger partial charge in [-0.2, -0.15) is 0 Å². The molecule has 0 fully saturated rings. The third-order valence-electron chi connectivity index (χ3n) is 4.42. The summed E-state index contributed by atoms with van der Waals surface area (Å²) in [7, 11) is 0. The Morgan fingerprint density at radius 2 is 1.78 bits per heavy atom. The van der Waals surface area contributed by atoms with Gasteiger partial charge in [-0.3, -0.25) is 4.79 Å². The van der Waals surface area contributed by atoms with E-state index in [0.717, 1.165) is 22.1 Å². The Labute approximate surface area is 155 Å². The number of hydrogen-bond donors (Lipinski definition) is 1. The fourth-order valence-electron chi connectivity index (χ4n) is 2.88. The van der Waals surface area contributed by atoms with Crippen molar-refractivity contribution in [3.05, 3.63) is 89.2 Å². The fraction of sp³-hybridized carbons (Fsp3) is 0.0909. The molecule has 1 amide bonds. The summed E-state index contributed by atoms with van der Waals surface area (Å²) in [5.74, 6) is 0.127. The lowest BCUT2D eigenvalue weighted by Crippen LogP contribution is -2.22. The summed E-state index contributed by atoms with van der Waals surface area (Å²) in [4.78, 5) is 12.5. The average molecular weight is 360 g/mol. The Balaban J connectivity index is 1.58. The molecule has 134 valence electrons. The van der Waals surface area contributed by atoms with Crippen LogP contribution in [-0.4, -0.2) is 11.1 Å². The number of amides is 1. The Kier molecular flexibility index (Phi) is 4.42. The molecule has 4 rings (SSSR count). The summed E-state index contributed by atoms with van der Waals surface area (Å²) in [5, 5.41) is 7.71. The minimum atomic E-state index is -0.299. The lowest BCUT2D eigenvalue weighted by Gasteiger charge is -2.06. The zero-order valence-electron chi connectivity index (χ0n) is 14.7. The molecule has 0 saturated carbocycles. The molecule has 0 aliphatic heterocycles. The lowest BCUT2D eigenvalue weighted by atomic mass is 10.0. The van der Waals surface area contributed by atoms with Crippen LogP contribution in [0.5, 0.6) is 0 Å². The van der Waals surface area contributed by atoms with Crippen LogP contribution in [0.15, 0.2) is 71.3 Å². The number of nitrogens with zero attached hydrogens (tertiary/aromatic N) is 1. The van der Waals surface area contributed by atoms with Crippen molar-refractivity contribution in [2.24, 2.45) is 0 Å². The van der Waals surface area contributed by atoms with E-state index in [2.05, 4.69) is 10.5 Å². The van der Waals surface area contributed by atoms with Crippen LogP contribution in [0.25, 0.3) is 22.2 Å². The molecule has 1 heterocycles. The van der Waals surface area contributed by atoms with Crippen LogP contribution in [0.1, 0.15) is 21.5 Å². The van der Waals surface area contributed by atoms with Crippen LogP contribution >= 0.6 is 0 Å². The highest BCUT2D eigenvalue weighted by Gasteiger charge is 2.14. The van der Waals surface area contributed by atoms with E-state index >= 15 is 0 Å². The molecule has 0 spiro atoms. The van der Waals surface area contributed by atoms with Gasteiger partial charge in [-0.05, 0) is 42.8 Å². The molecule has 0 unspecified atom stereocenters. The number of halogens is 1. The first-order valence-electron chi connectivity index (χ1n) is 8.59. The largest absolute Gasteiger partial charge is 0.355 e. The normalized spacial score (nSPS) is 10.9. The van der Waals surface area contributed by atoms with Gasteiger partial charge in [-0.1, -0.05) is 47.1 Å².